The van der Waals surface area contributed by atoms with Crippen molar-refractivity contribution in [2.75, 3.05) is 20.6 Å². The van der Waals surface area contributed by atoms with E-state index < -0.39 is 0 Å². The van der Waals surface area contributed by atoms with Crippen molar-refractivity contribution >= 4 is 15.9 Å². The van der Waals surface area contributed by atoms with Gasteiger partial charge in [-0.1, -0.05) is 0 Å². The number of halogens is 1. The largest absolute Gasteiger partial charge is 0.309 e. The SMILES string of the molecule is Cc1ncc(Br)c(=O)n1CCCN(C)C. The molecule has 0 aromatic carbocycles. The Labute approximate surface area is 98.1 Å². The summed E-state index contributed by atoms with van der Waals surface area (Å²) in [7, 11) is 4.05. The van der Waals surface area contributed by atoms with E-state index in [1.807, 2.05) is 21.0 Å². The summed E-state index contributed by atoms with van der Waals surface area (Å²) in [4.78, 5) is 18.0. The molecule has 0 amide bonds. The Kier molecular flexibility index (Phi) is 4.47. The third-order valence-electron chi connectivity index (χ3n) is 2.19. The third-order valence-corrected chi connectivity index (χ3v) is 2.74. The van der Waals surface area contributed by atoms with Gasteiger partial charge in [0.05, 0.1) is 0 Å². The molecule has 1 aromatic heterocycles. The van der Waals surface area contributed by atoms with Crippen LogP contribution in [0.2, 0.25) is 0 Å². The van der Waals surface area contributed by atoms with Gasteiger partial charge in [-0.15, -0.1) is 0 Å². The minimum absolute atomic E-state index is 0.00116. The molecule has 4 nitrogen and oxygen atoms in total. The van der Waals surface area contributed by atoms with Crippen molar-refractivity contribution in [2.24, 2.45) is 0 Å². The second-order valence-electron chi connectivity index (χ2n) is 3.77. The number of hydrogen-bond donors (Lipinski definition) is 0. The zero-order chi connectivity index (χ0) is 11.4. The smallest absolute Gasteiger partial charge is 0.267 e. The van der Waals surface area contributed by atoms with Crippen LogP contribution in [0.4, 0.5) is 0 Å². The van der Waals surface area contributed by atoms with Crippen LogP contribution in [-0.4, -0.2) is 35.1 Å². The minimum atomic E-state index is 0.00116. The van der Waals surface area contributed by atoms with Crippen molar-refractivity contribution < 1.29 is 0 Å². The van der Waals surface area contributed by atoms with Crippen molar-refractivity contribution in [3.63, 3.8) is 0 Å². The molecule has 0 saturated carbocycles. The predicted molar refractivity (Wildman–Crippen MR) is 64.1 cm³/mol. The van der Waals surface area contributed by atoms with Gasteiger partial charge in [0.15, 0.2) is 0 Å². The van der Waals surface area contributed by atoms with E-state index in [0.29, 0.717) is 4.47 Å². The fourth-order valence-corrected chi connectivity index (χ4v) is 1.68. The second-order valence-corrected chi connectivity index (χ2v) is 4.62. The summed E-state index contributed by atoms with van der Waals surface area (Å²) in [6.45, 7) is 3.54. The molecule has 0 radical (unpaired) electrons. The van der Waals surface area contributed by atoms with E-state index in [9.17, 15) is 4.79 Å². The lowest BCUT2D eigenvalue weighted by Crippen LogP contribution is -2.26. The molecule has 84 valence electrons. The molecule has 5 heteroatoms. The van der Waals surface area contributed by atoms with E-state index in [-0.39, 0.29) is 5.56 Å². The molecule has 0 aliphatic rings. The van der Waals surface area contributed by atoms with Crippen molar-refractivity contribution in [1.29, 1.82) is 0 Å². The van der Waals surface area contributed by atoms with Gasteiger partial charge >= 0.3 is 0 Å². The highest BCUT2D eigenvalue weighted by molar-refractivity contribution is 9.10. The Morgan fingerprint density at radius 3 is 2.80 bits per heavy atom. The van der Waals surface area contributed by atoms with E-state index in [0.717, 1.165) is 25.3 Å². The molecule has 0 spiro atoms. The summed E-state index contributed by atoms with van der Waals surface area (Å²) < 4.78 is 2.23. The maximum atomic E-state index is 11.7. The van der Waals surface area contributed by atoms with Gasteiger partial charge in [0.25, 0.3) is 5.56 Å². The molecule has 15 heavy (non-hydrogen) atoms. The van der Waals surface area contributed by atoms with Crippen LogP contribution in [-0.2, 0) is 6.54 Å². The molecule has 0 aliphatic carbocycles. The Morgan fingerprint density at radius 2 is 2.20 bits per heavy atom. The van der Waals surface area contributed by atoms with Crippen molar-refractivity contribution in [3.8, 4) is 0 Å². The van der Waals surface area contributed by atoms with Crippen molar-refractivity contribution in [3.05, 3.63) is 26.8 Å². The highest BCUT2D eigenvalue weighted by Crippen LogP contribution is 2.02. The Hall–Kier alpha value is -0.680. The zero-order valence-electron chi connectivity index (χ0n) is 9.33. The molecule has 0 fully saturated rings. The average Bonchev–Trinajstić information content (AvgIpc) is 2.17. The van der Waals surface area contributed by atoms with Gasteiger partial charge in [-0.25, -0.2) is 4.98 Å². The van der Waals surface area contributed by atoms with E-state index >= 15 is 0 Å². The maximum Gasteiger partial charge on any atom is 0.267 e. The lowest BCUT2D eigenvalue weighted by molar-refractivity contribution is 0.382. The van der Waals surface area contributed by atoms with Gasteiger partial charge in [0, 0.05) is 12.7 Å². The number of aromatic nitrogens is 2. The minimum Gasteiger partial charge on any atom is -0.309 e. The molecule has 0 bridgehead atoms. The summed E-state index contributed by atoms with van der Waals surface area (Å²) in [6, 6.07) is 0. The first-order valence-electron chi connectivity index (χ1n) is 4.89. The standard InChI is InChI=1S/C10H16BrN3O/c1-8-12-7-9(11)10(15)14(8)6-4-5-13(2)3/h7H,4-6H2,1-3H3. The molecule has 0 N–H and O–H groups in total. The molecule has 1 aromatic rings. The molecular formula is C10H16BrN3O. The summed E-state index contributed by atoms with van der Waals surface area (Å²) in [5.74, 6) is 0.766. The first kappa shape index (κ1) is 12.4. The molecule has 0 saturated heterocycles. The lowest BCUT2D eigenvalue weighted by Gasteiger charge is -2.12. The van der Waals surface area contributed by atoms with Gasteiger partial charge in [-0.05, 0) is 49.9 Å². The molecule has 1 rings (SSSR count). The average molecular weight is 274 g/mol. The number of nitrogens with zero attached hydrogens (tertiary/aromatic N) is 3. The predicted octanol–water partition coefficient (Wildman–Crippen LogP) is 1.27. The maximum absolute atomic E-state index is 11.7. The van der Waals surface area contributed by atoms with Gasteiger partial charge in [0.1, 0.15) is 10.3 Å². The van der Waals surface area contributed by atoms with Crippen LogP contribution < -0.4 is 5.56 Å². The fourth-order valence-electron chi connectivity index (χ4n) is 1.36. The van der Waals surface area contributed by atoms with Crippen molar-refractivity contribution in [1.82, 2.24) is 14.5 Å². The Balaban J connectivity index is 2.76. The Bertz CT molecular complexity index is 387. The molecule has 0 atom stereocenters. The van der Waals surface area contributed by atoms with Crippen LogP contribution >= 0.6 is 15.9 Å². The first-order chi connectivity index (χ1) is 7.02. The lowest BCUT2D eigenvalue weighted by atomic mass is 10.4. The molecular weight excluding hydrogens is 258 g/mol. The zero-order valence-corrected chi connectivity index (χ0v) is 10.9. The van der Waals surface area contributed by atoms with Gasteiger partial charge in [0.2, 0.25) is 0 Å². The molecule has 0 aliphatic heterocycles. The van der Waals surface area contributed by atoms with Gasteiger partial charge in [-0.3, -0.25) is 9.36 Å². The monoisotopic (exact) mass is 273 g/mol. The second kappa shape index (κ2) is 5.42. The molecule has 0 unspecified atom stereocenters. The van der Waals surface area contributed by atoms with Crippen LogP contribution in [0.5, 0.6) is 0 Å². The van der Waals surface area contributed by atoms with Crippen LogP contribution in [0.3, 0.4) is 0 Å². The molecule has 1 heterocycles. The van der Waals surface area contributed by atoms with E-state index in [2.05, 4.69) is 25.8 Å². The normalized spacial score (nSPS) is 11.0. The van der Waals surface area contributed by atoms with Gasteiger partial charge in [-0.2, -0.15) is 0 Å². The van der Waals surface area contributed by atoms with E-state index in [4.69, 9.17) is 0 Å². The van der Waals surface area contributed by atoms with Crippen LogP contribution in [0, 0.1) is 6.92 Å². The number of rotatable bonds is 4. The summed E-state index contributed by atoms with van der Waals surface area (Å²) in [5.41, 5.74) is 0.00116. The number of hydrogen-bond acceptors (Lipinski definition) is 3. The Morgan fingerprint density at radius 1 is 1.53 bits per heavy atom. The summed E-state index contributed by atoms with van der Waals surface area (Å²) in [5, 5.41) is 0. The van der Waals surface area contributed by atoms with Crippen LogP contribution in [0.25, 0.3) is 0 Å². The van der Waals surface area contributed by atoms with Crippen LogP contribution in [0.1, 0.15) is 12.2 Å². The number of aryl methyl sites for hydroxylation is 1. The quantitative estimate of drug-likeness (QED) is 0.829. The fraction of sp³-hybridized carbons (Fsp3) is 0.600. The van der Waals surface area contributed by atoms with E-state index in [1.165, 1.54) is 0 Å². The van der Waals surface area contributed by atoms with E-state index in [1.54, 1.807) is 10.8 Å². The van der Waals surface area contributed by atoms with Gasteiger partial charge < -0.3 is 4.90 Å². The summed E-state index contributed by atoms with van der Waals surface area (Å²) >= 11 is 3.19. The third kappa shape index (κ3) is 3.43. The highest BCUT2D eigenvalue weighted by Gasteiger charge is 2.04. The topological polar surface area (TPSA) is 38.1 Å². The summed E-state index contributed by atoms with van der Waals surface area (Å²) in [6.07, 6.45) is 2.51. The highest BCUT2D eigenvalue weighted by atomic mass is 79.9. The first-order valence-corrected chi connectivity index (χ1v) is 5.68. The van der Waals surface area contributed by atoms with Crippen LogP contribution in [0.15, 0.2) is 15.5 Å². The van der Waals surface area contributed by atoms with Crippen molar-refractivity contribution in [2.45, 2.75) is 19.9 Å².